The number of aliphatic hydroxyl groups excluding tert-OH is 1. The zero-order valence-electron chi connectivity index (χ0n) is 17.2. The van der Waals surface area contributed by atoms with E-state index in [4.69, 9.17) is 5.11 Å². The second kappa shape index (κ2) is 8.35. The number of hydrogen-bond acceptors (Lipinski definition) is 5. The molecule has 3 atom stereocenters. The van der Waals surface area contributed by atoms with Crippen LogP contribution in [0.3, 0.4) is 0 Å². The van der Waals surface area contributed by atoms with Gasteiger partial charge in [0.05, 0.1) is 6.61 Å². The average Bonchev–Trinajstić information content (AvgIpc) is 3.03. The van der Waals surface area contributed by atoms with Gasteiger partial charge in [-0.3, -0.25) is 4.79 Å². The Morgan fingerprint density at radius 2 is 1.70 bits per heavy atom. The van der Waals surface area contributed by atoms with Crippen molar-refractivity contribution in [1.82, 2.24) is 15.1 Å². The van der Waals surface area contributed by atoms with E-state index in [9.17, 15) is 4.79 Å². The summed E-state index contributed by atoms with van der Waals surface area (Å²) in [6.07, 6.45) is 0. The minimum Gasteiger partial charge on any atom is -0.396 e. The van der Waals surface area contributed by atoms with Crippen LogP contribution >= 0.6 is 11.8 Å². The molecular weight excluding hydrogens is 394 g/mol. The Bertz CT molecular complexity index is 873. The molecule has 4 aliphatic rings. The molecule has 3 unspecified atom stereocenters. The molecular formula is C24H29N3O2S. The predicted octanol–water partition coefficient (Wildman–Crippen LogP) is 2.07. The summed E-state index contributed by atoms with van der Waals surface area (Å²) in [6, 6.07) is 18.7. The number of nitrogens with zero attached hydrogens (tertiary/aromatic N) is 2. The van der Waals surface area contributed by atoms with Crippen LogP contribution in [-0.4, -0.2) is 78.5 Å². The molecule has 1 amide bonds. The fraction of sp³-hybridized carbons (Fsp3) is 0.458. The van der Waals surface area contributed by atoms with Crippen molar-refractivity contribution in [3.05, 3.63) is 65.7 Å². The predicted molar refractivity (Wildman–Crippen MR) is 120 cm³/mol. The van der Waals surface area contributed by atoms with Crippen LogP contribution in [-0.2, 0) is 5.41 Å². The number of fused-ring (bicyclic) bond motifs is 1. The normalized spacial score (nSPS) is 32.0. The molecule has 2 aromatic rings. The number of amides is 1. The fourth-order valence-electron chi connectivity index (χ4n) is 5.66. The van der Waals surface area contributed by atoms with Crippen LogP contribution in [0.1, 0.15) is 15.9 Å². The van der Waals surface area contributed by atoms with Gasteiger partial charge in [-0.1, -0.05) is 30.3 Å². The maximum absolute atomic E-state index is 13.2. The molecule has 5 nitrogen and oxygen atoms in total. The van der Waals surface area contributed by atoms with Gasteiger partial charge >= 0.3 is 0 Å². The Morgan fingerprint density at radius 3 is 2.33 bits per heavy atom. The molecule has 2 aromatic carbocycles. The second-order valence-electron chi connectivity index (χ2n) is 8.80. The van der Waals surface area contributed by atoms with Gasteiger partial charge in [-0.05, 0) is 29.8 Å². The largest absolute Gasteiger partial charge is 0.396 e. The van der Waals surface area contributed by atoms with E-state index >= 15 is 0 Å². The maximum Gasteiger partial charge on any atom is 0.251 e. The molecule has 30 heavy (non-hydrogen) atoms. The molecule has 2 N–H and O–H groups in total. The quantitative estimate of drug-likeness (QED) is 0.697. The van der Waals surface area contributed by atoms with E-state index in [1.807, 2.05) is 24.3 Å². The van der Waals surface area contributed by atoms with E-state index in [-0.39, 0.29) is 24.0 Å². The highest BCUT2D eigenvalue weighted by atomic mass is 32.2. The SMILES string of the molecule is O=C(NC1C2CN3CCN(C2)CC1(c1ccccc1)C3)c1ccc(SCCO)cc1. The lowest BCUT2D eigenvalue weighted by Crippen LogP contribution is -2.70. The Balaban J connectivity index is 1.42. The van der Waals surface area contributed by atoms with Crippen molar-refractivity contribution >= 4 is 17.7 Å². The molecule has 4 fully saturated rings. The third kappa shape index (κ3) is 3.66. The molecule has 4 aliphatic heterocycles. The Morgan fingerprint density at radius 1 is 1.03 bits per heavy atom. The average molecular weight is 424 g/mol. The zero-order valence-corrected chi connectivity index (χ0v) is 18.0. The summed E-state index contributed by atoms with van der Waals surface area (Å²) < 4.78 is 0. The number of piperidine rings is 2. The summed E-state index contributed by atoms with van der Waals surface area (Å²) in [5.74, 6) is 1.13. The molecule has 4 bridgehead atoms. The molecule has 0 radical (unpaired) electrons. The van der Waals surface area contributed by atoms with Gasteiger partial charge in [0.2, 0.25) is 0 Å². The van der Waals surface area contributed by atoms with Crippen LogP contribution in [0, 0.1) is 5.92 Å². The minimum absolute atomic E-state index is 0.0187. The van der Waals surface area contributed by atoms with E-state index in [1.54, 1.807) is 11.8 Å². The lowest BCUT2D eigenvalue weighted by Gasteiger charge is -2.55. The minimum atomic E-state index is -0.0640. The first-order valence-electron chi connectivity index (χ1n) is 10.8. The highest BCUT2D eigenvalue weighted by Crippen LogP contribution is 2.43. The highest BCUT2D eigenvalue weighted by Gasteiger charge is 2.55. The van der Waals surface area contributed by atoms with Crippen molar-refractivity contribution in [1.29, 1.82) is 0 Å². The summed E-state index contributed by atoms with van der Waals surface area (Å²) >= 11 is 1.60. The second-order valence-corrected chi connectivity index (χ2v) is 9.97. The molecule has 6 heteroatoms. The van der Waals surface area contributed by atoms with Crippen molar-refractivity contribution in [2.45, 2.75) is 16.4 Å². The fourth-order valence-corrected chi connectivity index (χ4v) is 6.31. The molecule has 4 saturated heterocycles. The van der Waals surface area contributed by atoms with Gasteiger partial charge in [-0.2, -0.15) is 0 Å². The summed E-state index contributed by atoms with van der Waals surface area (Å²) in [6.45, 7) is 6.54. The topological polar surface area (TPSA) is 55.8 Å². The third-order valence-corrected chi connectivity index (χ3v) is 7.90. The van der Waals surface area contributed by atoms with Gasteiger partial charge in [0.25, 0.3) is 5.91 Å². The van der Waals surface area contributed by atoms with Crippen molar-refractivity contribution in [3.63, 3.8) is 0 Å². The number of hydrogen-bond donors (Lipinski definition) is 2. The lowest BCUT2D eigenvalue weighted by atomic mass is 9.64. The van der Waals surface area contributed by atoms with Crippen LogP contribution in [0.5, 0.6) is 0 Å². The monoisotopic (exact) mass is 423 g/mol. The molecule has 0 spiro atoms. The number of thioether (sulfide) groups is 1. The molecule has 0 saturated carbocycles. The number of carbonyl (C=O) groups excluding carboxylic acids is 1. The van der Waals surface area contributed by atoms with Crippen LogP contribution in [0.25, 0.3) is 0 Å². The smallest absolute Gasteiger partial charge is 0.251 e. The summed E-state index contributed by atoms with van der Waals surface area (Å²) in [4.78, 5) is 19.5. The zero-order chi connectivity index (χ0) is 20.6. The molecule has 4 heterocycles. The Labute approximate surface area is 182 Å². The van der Waals surface area contributed by atoms with E-state index in [0.717, 1.165) is 44.2 Å². The molecule has 6 rings (SSSR count). The van der Waals surface area contributed by atoms with Gasteiger partial charge in [0, 0.05) is 72.9 Å². The maximum atomic E-state index is 13.2. The van der Waals surface area contributed by atoms with Crippen molar-refractivity contribution in [2.24, 2.45) is 5.92 Å². The van der Waals surface area contributed by atoms with E-state index in [0.29, 0.717) is 17.2 Å². The van der Waals surface area contributed by atoms with E-state index < -0.39 is 0 Å². The van der Waals surface area contributed by atoms with Crippen LogP contribution in [0.2, 0.25) is 0 Å². The Kier molecular flexibility index (Phi) is 5.58. The standard InChI is InChI=1S/C24H29N3O2S/c28-12-13-30-21-8-6-18(7-9-21)23(29)25-22-19-14-26-10-11-27(15-19)17-24(22,16-26)20-4-2-1-3-5-20/h1-9,19,22,28H,10-17H2,(H,25,29). The highest BCUT2D eigenvalue weighted by molar-refractivity contribution is 7.99. The number of carbonyl (C=O) groups is 1. The van der Waals surface area contributed by atoms with Crippen LogP contribution in [0.15, 0.2) is 59.5 Å². The van der Waals surface area contributed by atoms with Crippen LogP contribution in [0.4, 0.5) is 0 Å². The third-order valence-electron chi connectivity index (χ3n) is 6.91. The van der Waals surface area contributed by atoms with Gasteiger partial charge in [-0.25, -0.2) is 0 Å². The number of benzene rings is 2. The van der Waals surface area contributed by atoms with Crippen molar-refractivity contribution in [2.75, 3.05) is 51.6 Å². The van der Waals surface area contributed by atoms with Crippen molar-refractivity contribution < 1.29 is 9.90 Å². The van der Waals surface area contributed by atoms with Gasteiger partial charge < -0.3 is 20.2 Å². The molecule has 158 valence electrons. The summed E-state index contributed by atoms with van der Waals surface area (Å²) in [5.41, 5.74) is 1.98. The van der Waals surface area contributed by atoms with E-state index in [2.05, 4.69) is 45.4 Å². The first kappa shape index (κ1) is 20.1. The Hall–Kier alpha value is -1.86. The lowest BCUT2D eigenvalue weighted by molar-refractivity contribution is 0.0180. The van der Waals surface area contributed by atoms with Gasteiger partial charge in [0.1, 0.15) is 0 Å². The molecule has 0 aromatic heterocycles. The van der Waals surface area contributed by atoms with E-state index in [1.165, 1.54) is 5.56 Å². The summed E-state index contributed by atoms with van der Waals surface area (Å²) in [5, 5.41) is 12.5. The number of nitrogens with one attached hydrogen (secondary N) is 1. The number of rotatable bonds is 6. The first-order chi connectivity index (χ1) is 14.7. The van der Waals surface area contributed by atoms with Crippen LogP contribution < -0.4 is 5.32 Å². The van der Waals surface area contributed by atoms with Gasteiger partial charge in [0.15, 0.2) is 0 Å². The molecule has 0 aliphatic carbocycles. The number of aliphatic hydroxyl groups is 1. The van der Waals surface area contributed by atoms with Crippen molar-refractivity contribution in [3.8, 4) is 0 Å². The summed E-state index contributed by atoms with van der Waals surface area (Å²) in [7, 11) is 0. The van der Waals surface area contributed by atoms with Gasteiger partial charge in [-0.15, -0.1) is 11.8 Å². The first-order valence-corrected chi connectivity index (χ1v) is 11.8.